The van der Waals surface area contributed by atoms with Crippen molar-refractivity contribution in [1.29, 1.82) is 0 Å². The van der Waals surface area contributed by atoms with Crippen molar-refractivity contribution in [2.75, 3.05) is 5.32 Å². The van der Waals surface area contributed by atoms with Gasteiger partial charge in [-0.2, -0.15) is 0 Å². The Morgan fingerprint density at radius 2 is 2.06 bits per heavy atom. The number of rotatable bonds is 4. The number of benzene rings is 1. The number of aliphatic carboxylic acids is 1. The molecule has 18 heavy (non-hydrogen) atoms. The Kier molecular flexibility index (Phi) is 3.27. The van der Waals surface area contributed by atoms with Gasteiger partial charge in [-0.25, -0.2) is 8.78 Å². The predicted molar refractivity (Wildman–Crippen MR) is 59.3 cm³/mol. The largest absolute Gasteiger partial charge is 0.481 e. The molecule has 0 radical (unpaired) electrons. The van der Waals surface area contributed by atoms with Gasteiger partial charge in [0.05, 0.1) is 11.8 Å². The van der Waals surface area contributed by atoms with Gasteiger partial charge in [0.25, 0.3) is 6.43 Å². The summed E-state index contributed by atoms with van der Waals surface area (Å²) in [7, 11) is 0. The maximum absolute atomic E-state index is 12.4. The molecule has 6 heteroatoms. The van der Waals surface area contributed by atoms with Gasteiger partial charge in [-0.3, -0.25) is 9.59 Å². The quantitative estimate of drug-likeness (QED) is 0.867. The van der Waals surface area contributed by atoms with Crippen molar-refractivity contribution in [1.82, 2.24) is 0 Å². The molecule has 1 aliphatic carbocycles. The van der Waals surface area contributed by atoms with Crippen LogP contribution < -0.4 is 5.32 Å². The fourth-order valence-corrected chi connectivity index (χ4v) is 1.74. The van der Waals surface area contributed by atoms with Crippen LogP contribution in [-0.4, -0.2) is 17.0 Å². The van der Waals surface area contributed by atoms with E-state index in [0.29, 0.717) is 6.42 Å². The number of carboxylic acid groups (broad SMARTS) is 1. The van der Waals surface area contributed by atoms with Gasteiger partial charge in [0.15, 0.2) is 0 Å². The Hall–Kier alpha value is -1.98. The molecule has 2 unspecified atom stereocenters. The molecule has 4 nitrogen and oxygen atoms in total. The van der Waals surface area contributed by atoms with Crippen LogP contribution in [0.3, 0.4) is 0 Å². The molecular formula is C12H11F2NO3. The fraction of sp³-hybridized carbons (Fsp3) is 0.333. The Balaban J connectivity index is 2.00. The summed E-state index contributed by atoms with van der Waals surface area (Å²) in [4.78, 5) is 22.2. The van der Waals surface area contributed by atoms with Gasteiger partial charge >= 0.3 is 5.97 Å². The Labute approximate surface area is 102 Å². The van der Waals surface area contributed by atoms with E-state index in [2.05, 4.69) is 5.32 Å². The first-order chi connectivity index (χ1) is 8.49. The van der Waals surface area contributed by atoms with Gasteiger partial charge in [-0.1, -0.05) is 12.1 Å². The minimum Gasteiger partial charge on any atom is -0.481 e. The lowest BCUT2D eigenvalue weighted by atomic mass is 10.2. The number of hydrogen-bond acceptors (Lipinski definition) is 2. The Morgan fingerprint density at radius 1 is 1.33 bits per heavy atom. The van der Waals surface area contributed by atoms with Crippen LogP contribution in [0.15, 0.2) is 24.3 Å². The maximum atomic E-state index is 12.4. The molecule has 0 aliphatic heterocycles. The number of nitrogens with one attached hydrogen (secondary N) is 1. The first-order valence-electron chi connectivity index (χ1n) is 5.41. The number of anilines is 1. The molecule has 1 amide bonds. The molecule has 0 heterocycles. The van der Waals surface area contributed by atoms with Gasteiger partial charge in [0, 0.05) is 11.3 Å². The van der Waals surface area contributed by atoms with Crippen LogP contribution in [0.1, 0.15) is 18.4 Å². The van der Waals surface area contributed by atoms with Gasteiger partial charge < -0.3 is 10.4 Å². The van der Waals surface area contributed by atoms with Crippen LogP contribution in [-0.2, 0) is 9.59 Å². The molecule has 0 aromatic heterocycles. The van der Waals surface area contributed by atoms with Gasteiger partial charge in [-0.15, -0.1) is 0 Å². The highest BCUT2D eigenvalue weighted by Gasteiger charge is 2.48. The molecule has 0 spiro atoms. The molecule has 2 N–H and O–H groups in total. The summed E-state index contributed by atoms with van der Waals surface area (Å²) in [6.45, 7) is 0. The molecule has 1 aromatic rings. The average molecular weight is 255 g/mol. The van der Waals surface area contributed by atoms with Gasteiger partial charge in [0.1, 0.15) is 0 Å². The van der Waals surface area contributed by atoms with E-state index < -0.39 is 30.1 Å². The van der Waals surface area contributed by atoms with E-state index in [1.807, 2.05) is 0 Å². The summed E-state index contributed by atoms with van der Waals surface area (Å²) < 4.78 is 24.9. The van der Waals surface area contributed by atoms with E-state index in [0.717, 1.165) is 0 Å². The molecule has 96 valence electrons. The zero-order valence-electron chi connectivity index (χ0n) is 9.27. The SMILES string of the molecule is O=C(O)C1CC1C(=O)Nc1cccc(C(F)F)c1. The predicted octanol–water partition coefficient (Wildman–Crippen LogP) is 2.28. The first kappa shape index (κ1) is 12.5. The summed E-state index contributed by atoms with van der Waals surface area (Å²) in [5.74, 6) is -2.65. The van der Waals surface area contributed by atoms with E-state index in [9.17, 15) is 18.4 Å². The van der Waals surface area contributed by atoms with Gasteiger partial charge in [-0.05, 0) is 18.6 Å². The first-order valence-corrected chi connectivity index (χ1v) is 5.41. The summed E-state index contributed by atoms with van der Waals surface area (Å²) in [6, 6.07) is 5.35. The van der Waals surface area contributed by atoms with Crippen molar-refractivity contribution in [3.05, 3.63) is 29.8 Å². The minimum absolute atomic E-state index is 0.182. The van der Waals surface area contributed by atoms with Crippen molar-refractivity contribution < 1.29 is 23.5 Å². The second-order valence-corrected chi connectivity index (χ2v) is 4.20. The van der Waals surface area contributed by atoms with E-state index in [1.165, 1.54) is 24.3 Å². The van der Waals surface area contributed by atoms with E-state index in [4.69, 9.17) is 5.11 Å². The van der Waals surface area contributed by atoms with E-state index in [1.54, 1.807) is 0 Å². The molecule has 1 aliphatic rings. The molecule has 1 fully saturated rings. The van der Waals surface area contributed by atoms with Crippen molar-refractivity contribution in [2.24, 2.45) is 11.8 Å². The summed E-state index contributed by atoms with van der Waals surface area (Å²) >= 11 is 0. The van der Waals surface area contributed by atoms with E-state index in [-0.39, 0.29) is 11.3 Å². The molecule has 2 atom stereocenters. The lowest BCUT2D eigenvalue weighted by Crippen LogP contribution is -2.16. The van der Waals surface area contributed by atoms with Crippen LogP contribution in [0, 0.1) is 11.8 Å². The van der Waals surface area contributed by atoms with Crippen molar-refractivity contribution >= 4 is 17.6 Å². The maximum Gasteiger partial charge on any atom is 0.307 e. The lowest BCUT2D eigenvalue weighted by molar-refractivity contribution is -0.139. The second kappa shape index (κ2) is 4.72. The Morgan fingerprint density at radius 3 is 2.61 bits per heavy atom. The summed E-state index contributed by atoms with van der Waals surface area (Å²) in [5, 5.41) is 11.1. The zero-order chi connectivity index (χ0) is 13.3. The highest BCUT2D eigenvalue weighted by atomic mass is 19.3. The number of carbonyl (C=O) groups excluding carboxylic acids is 1. The third-order valence-electron chi connectivity index (χ3n) is 2.85. The third-order valence-corrected chi connectivity index (χ3v) is 2.85. The topological polar surface area (TPSA) is 66.4 Å². The van der Waals surface area contributed by atoms with Crippen LogP contribution in [0.4, 0.5) is 14.5 Å². The standard InChI is InChI=1S/C12H11F2NO3/c13-10(14)6-2-1-3-7(4-6)15-11(16)8-5-9(8)12(17)18/h1-4,8-10H,5H2,(H,15,16)(H,17,18). The van der Waals surface area contributed by atoms with Crippen molar-refractivity contribution in [3.8, 4) is 0 Å². The lowest BCUT2D eigenvalue weighted by Gasteiger charge is -2.06. The average Bonchev–Trinajstić information content (AvgIpc) is 3.09. The van der Waals surface area contributed by atoms with E-state index >= 15 is 0 Å². The number of carboxylic acids is 1. The van der Waals surface area contributed by atoms with Crippen LogP contribution in [0.25, 0.3) is 0 Å². The fourth-order valence-electron chi connectivity index (χ4n) is 1.74. The Bertz CT molecular complexity index is 490. The second-order valence-electron chi connectivity index (χ2n) is 4.20. The van der Waals surface area contributed by atoms with Crippen LogP contribution >= 0.6 is 0 Å². The zero-order valence-corrected chi connectivity index (χ0v) is 9.27. The molecule has 0 bridgehead atoms. The van der Waals surface area contributed by atoms with Gasteiger partial charge in [0.2, 0.25) is 5.91 Å². The minimum atomic E-state index is -2.60. The monoisotopic (exact) mass is 255 g/mol. The molecule has 0 saturated heterocycles. The van der Waals surface area contributed by atoms with Crippen molar-refractivity contribution in [2.45, 2.75) is 12.8 Å². The van der Waals surface area contributed by atoms with Crippen LogP contribution in [0.5, 0.6) is 0 Å². The number of halogens is 2. The molecule has 1 aromatic carbocycles. The molecule has 2 rings (SSSR count). The highest BCUT2D eigenvalue weighted by Crippen LogP contribution is 2.39. The normalized spacial score (nSPS) is 21.7. The number of hydrogen-bond donors (Lipinski definition) is 2. The summed E-state index contributed by atoms with van der Waals surface area (Å²) in [5.41, 5.74) is 0.0761. The highest BCUT2D eigenvalue weighted by molar-refractivity contribution is 5.98. The third kappa shape index (κ3) is 2.64. The number of carbonyl (C=O) groups is 2. The molecular weight excluding hydrogens is 244 g/mol. The molecule has 1 saturated carbocycles. The number of amides is 1. The summed E-state index contributed by atoms with van der Waals surface area (Å²) in [6.07, 6.45) is -2.30. The number of alkyl halides is 2. The van der Waals surface area contributed by atoms with Crippen molar-refractivity contribution in [3.63, 3.8) is 0 Å². The van der Waals surface area contributed by atoms with Crippen LogP contribution in [0.2, 0.25) is 0 Å². The smallest absolute Gasteiger partial charge is 0.307 e.